The number of rotatable bonds is 6. The Bertz CT molecular complexity index is 813. The Kier molecular flexibility index (Phi) is 5.68. The topological polar surface area (TPSA) is 29.5 Å². The second-order valence-electron chi connectivity index (χ2n) is 5.42. The maximum absolute atomic E-state index is 12.3. The average molecular weight is 367 g/mol. The van der Waals surface area contributed by atoms with Crippen LogP contribution >= 0.6 is 24.0 Å². The minimum Gasteiger partial charge on any atom is -0.489 e. The van der Waals surface area contributed by atoms with Crippen LogP contribution in [0.4, 0.5) is 0 Å². The summed E-state index contributed by atoms with van der Waals surface area (Å²) in [6.07, 6.45) is 3.52. The molecule has 0 atom stereocenters. The molecule has 1 fully saturated rings. The molecule has 0 N–H and O–H groups in total. The van der Waals surface area contributed by atoms with Crippen molar-refractivity contribution in [1.82, 2.24) is 4.90 Å². The van der Waals surface area contributed by atoms with Gasteiger partial charge in [0.15, 0.2) is 0 Å². The van der Waals surface area contributed by atoms with Gasteiger partial charge in [0, 0.05) is 6.54 Å². The summed E-state index contributed by atoms with van der Waals surface area (Å²) in [5.74, 6) is 0.722. The van der Waals surface area contributed by atoms with Crippen molar-refractivity contribution in [2.24, 2.45) is 0 Å². The third-order valence-electron chi connectivity index (χ3n) is 3.61. The molecule has 1 amide bonds. The van der Waals surface area contributed by atoms with Crippen LogP contribution < -0.4 is 4.74 Å². The molecule has 0 aliphatic carbocycles. The molecule has 126 valence electrons. The van der Waals surface area contributed by atoms with Crippen LogP contribution in [0.2, 0.25) is 0 Å². The van der Waals surface area contributed by atoms with Crippen molar-refractivity contribution >= 4 is 40.3 Å². The summed E-state index contributed by atoms with van der Waals surface area (Å²) in [6.45, 7) is 4.62. The van der Waals surface area contributed by atoms with E-state index in [1.54, 1.807) is 11.0 Å². The van der Waals surface area contributed by atoms with Gasteiger partial charge in [-0.2, -0.15) is 0 Å². The van der Waals surface area contributed by atoms with E-state index in [9.17, 15) is 4.79 Å². The van der Waals surface area contributed by atoms with Crippen molar-refractivity contribution in [3.8, 4) is 5.75 Å². The van der Waals surface area contributed by atoms with E-state index < -0.39 is 0 Å². The molecule has 25 heavy (non-hydrogen) atoms. The molecule has 2 aromatic rings. The maximum Gasteiger partial charge on any atom is 0.266 e. The van der Waals surface area contributed by atoms with E-state index in [4.69, 9.17) is 17.0 Å². The molecule has 3 rings (SSSR count). The molecule has 2 aromatic carbocycles. The highest BCUT2D eigenvalue weighted by molar-refractivity contribution is 8.26. The lowest BCUT2D eigenvalue weighted by atomic mass is 10.2. The number of nitrogens with zero attached hydrogens (tertiary/aromatic N) is 1. The standard InChI is InChI=1S/C20H17NO2S2/c1-2-12-21-19(22)18(25-20(21)24)13-15-8-10-17(11-9-15)23-14-16-6-4-3-5-7-16/h2-11,13H,1,12,14H2/b18-13-. The predicted octanol–water partition coefficient (Wildman–Crippen LogP) is 4.65. The zero-order chi connectivity index (χ0) is 17.6. The van der Waals surface area contributed by atoms with E-state index >= 15 is 0 Å². The van der Waals surface area contributed by atoms with Crippen LogP contribution in [0, 0.1) is 0 Å². The fourth-order valence-corrected chi connectivity index (χ4v) is 3.61. The van der Waals surface area contributed by atoms with E-state index in [-0.39, 0.29) is 5.91 Å². The van der Waals surface area contributed by atoms with Gasteiger partial charge in [-0.25, -0.2) is 0 Å². The first-order valence-corrected chi connectivity index (χ1v) is 9.03. The average Bonchev–Trinajstić information content (AvgIpc) is 2.90. The summed E-state index contributed by atoms with van der Waals surface area (Å²) in [5.41, 5.74) is 2.06. The summed E-state index contributed by atoms with van der Waals surface area (Å²) in [5, 5.41) is 0. The van der Waals surface area contributed by atoms with Gasteiger partial charge >= 0.3 is 0 Å². The molecule has 0 aromatic heterocycles. The van der Waals surface area contributed by atoms with E-state index in [0.29, 0.717) is 22.4 Å². The van der Waals surface area contributed by atoms with Crippen molar-refractivity contribution in [2.75, 3.05) is 6.54 Å². The molecule has 0 spiro atoms. The number of benzene rings is 2. The molecule has 1 heterocycles. The van der Waals surface area contributed by atoms with Crippen molar-refractivity contribution in [2.45, 2.75) is 6.61 Å². The monoisotopic (exact) mass is 367 g/mol. The maximum atomic E-state index is 12.3. The third-order valence-corrected chi connectivity index (χ3v) is 4.99. The molecule has 0 unspecified atom stereocenters. The number of carbonyl (C=O) groups is 1. The van der Waals surface area contributed by atoms with Gasteiger partial charge < -0.3 is 4.74 Å². The van der Waals surface area contributed by atoms with E-state index in [2.05, 4.69) is 6.58 Å². The highest BCUT2D eigenvalue weighted by atomic mass is 32.2. The Morgan fingerprint density at radius 1 is 1.12 bits per heavy atom. The molecule has 0 saturated carbocycles. The van der Waals surface area contributed by atoms with Crippen molar-refractivity contribution in [3.63, 3.8) is 0 Å². The van der Waals surface area contributed by atoms with Gasteiger partial charge in [-0.3, -0.25) is 9.69 Å². The van der Waals surface area contributed by atoms with Gasteiger partial charge in [-0.15, -0.1) is 6.58 Å². The number of thioether (sulfide) groups is 1. The molecule has 1 aliphatic rings. The zero-order valence-corrected chi connectivity index (χ0v) is 15.2. The third kappa shape index (κ3) is 4.38. The number of hydrogen-bond donors (Lipinski definition) is 0. The molecule has 1 aliphatic heterocycles. The van der Waals surface area contributed by atoms with E-state index in [1.807, 2.05) is 60.7 Å². The molecule has 3 nitrogen and oxygen atoms in total. The number of amides is 1. The summed E-state index contributed by atoms with van der Waals surface area (Å²) < 4.78 is 6.34. The fraction of sp³-hybridized carbons (Fsp3) is 0.100. The van der Waals surface area contributed by atoms with Gasteiger partial charge in [-0.1, -0.05) is 72.5 Å². The van der Waals surface area contributed by atoms with Crippen molar-refractivity contribution in [1.29, 1.82) is 0 Å². The molecule has 0 radical (unpaired) electrons. The molecule has 1 saturated heterocycles. The quantitative estimate of drug-likeness (QED) is 0.422. The highest BCUT2D eigenvalue weighted by Crippen LogP contribution is 2.32. The molecule has 0 bridgehead atoms. The number of carbonyl (C=O) groups excluding carboxylic acids is 1. The number of thiocarbonyl (C=S) groups is 1. The first kappa shape index (κ1) is 17.5. The van der Waals surface area contributed by atoms with Crippen LogP contribution in [0.25, 0.3) is 6.08 Å². The largest absolute Gasteiger partial charge is 0.489 e. The van der Waals surface area contributed by atoms with Gasteiger partial charge in [0.25, 0.3) is 5.91 Å². The lowest BCUT2D eigenvalue weighted by molar-refractivity contribution is -0.121. The first-order valence-electron chi connectivity index (χ1n) is 7.80. The van der Waals surface area contributed by atoms with Gasteiger partial charge in [0.2, 0.25) is 0 Å². The second-order valence-corrected chi connectivity index (χ2v) is 7.10. The SMILES string of the molecule is C=CCN1C(=O)/C(=C/c2ccc(OCc3ccccc3)cc2)SC1=S. The molecular weight excluding hydrogens is 350 g/mol. The Hall–Kier alpha value is -2.37. The van der Waals surface area contributed by atoms with Gasteiger partial charge in [-0.05, 0) is 29.3 Å². The second kappa shape index (κ2) is 8.14. The predicted molar refractivity (Wildman–Crippen MR) is 107 cm³/mol. The lowest BCUT2D eigenvalue weighted by Crippen LogP contribution is -2.27. The Morgan fingerprint density at radius 2 is 1.84 bits per heavy atom. The zero-order valence-electron chi connectivity index (χ0n) is 13.6. The normalized spacial score (nSPS) is 15.7. The van der Waals surface area contributed by atoms with Gasteiger partial charge in [0.1, 0.15) is 16.7 Å². The van der Waals surface area contributed by atoms with Gasteiger partial charge in [0.05, 0.1) is 4.91 Å². The van der Waals surface area contributed by atoms with Crippen LogP contribution in [0.15, 0.2) is 72.2 Å². The van der Waals surface area contributed by atoms with Crippen LogP contribution in [-0.4, -0.2) is 21.7 Å². The minimum absolute atomic E-state index is 0.0701. The lowest BCUT2D eigenvalue weighted by Gasteiger charge is -2.10. The Labute approximate surface area is 157 Å². The number of hydrogen-bond acceptors (Lipinski definition) is 4. The molecule has 5 heteroatoms. The summed E-state index contributed by atoms with van der Waals surface area (Å²) in [7, 11) is 0. The summed E-state index contributed by atoms with van der Waals surface area (Å²) in [6, 6.07) is 17.7. The Balaban J connectivity index is 1.65. The smallest absolute Gasteiger partial charge is 0.266 e. The summed E-state index contributed by atoms with van der Waals surface area (Å²) in [4.78, 5) is 14.5. The molecular formula is C20H17NO2S2. The van der Waals surface area contributed by atoms with E-state index in [1.165, 1.54) is 11.8 Å². The van der Waals surface area contributed by atoms with Crippen LogP contribution in [0.5, 0.6) is 5.75 Å². The van der Waals surface area contributed by atoms with Crippen LogP contribution in [0.1, 0.15) is 11.1 Å². The van der Waals surface area contributed by atoms with Crippen molar-refractivity contribution < 1.29 is 9.53 Å². The fourth-order valence-electron chi connectivity index (χ4n) is 2.34. The first-order chi connectivity index (χ1) is 12.2. The Morgan fingerprint density at radius 3 is 2.52 bits per heavy atom. The number of ether oxygens (including phenoxy) is 1. The van der Waals surface area contributed by atoms with Crippen LogP contribution in [-0.2, 0) is 11.4 Å². The van der Waals surface area contributed by atoms with E-state index in [0.717, 1.165) is 16.9 Å². The minimum atomic E-state index is -0.0701. The summed E-state index contributed by atoms with van der Waals surface area (Å²) >= 11 is 6.56. The van der Waals surface area contributed by atoms with Crippen molar-refractivity contribution in [3.05, 3.63) is 83.3 Å². The highest BCUT2D eigenvalue weighted by Gasteiger charge is 2.30. The van der Waals surface area contributed by atoms with Crippen LogP contribution in [0.3, 0.4) is 0 Å².